The Kier molecular flexibility index (Phi) is 7.46. The summed E-state index contributed by atoms with van der Waals surface area (Å²) in [6, 6.07) is 12.7. The largest absolute Gasteiger partial charge is 0.491 e. The van der Waals surface area contributed by atoms with E-state index < -0.39 is 21.9 Å². The molecule has 1 heterocycles. The van der Waals surface area contributed by atoms with E-state index in [2.05, 4.69) is 13.8 Å². The Morgan fingerprint density at radius 1 is 1.03 bits per heavy atom. The Morgan fingerprint density at radius 2 is 1.67 bits per heavy atom. The maximum absolute atomic E-state index is 13.1. The fraction of sp³-hybridized carbons (Fsp3) is 0.455. The number of halogens is 1. The topological polar surface area (TPSA) is 70.1 Å². The van der Waals surface area contributed by atoms with Gasteiger partial charge in [-0.25, -0.2) is 12.8 Å². The number of benzene rings is 2. The molecule has 1 N–H and O–H groups in total. The van der Waals surface area contributed by atoms with E-state index >= 15 is 0 Å². The van der Waals surface area contributed by atoms with Crippen LogP contribution in [0, 0.1) is 5.82 Å². The first kappa shape index (κ1) is 22.7. The summed E-state index contributed by atoms with van der Waals surface area (Å²) in [5, 5.41) is 10.4. The molecule has 0 aliphatic carbocycles. The summed E-state index contributed by atoms with van der Waals surface area (Å²) >= 11 is 0. The maximum Gasteiger partial charge on any atom is 0.243 e. The highest BCUT2D eigenvalue weighted by Crippen LogP contribution is 2.26. The number of aliphatic hydroxyl groups excluding tert-OH is 1. The Bertz CT molecular complexity index is 926. The van der Waals surface area contributed by atoms with Gasteiger partial charge in [0.15, 0.2) is 0 Å². The first-order chi connectivity index (χ1) is 14.3. The zero-order valence-electron chi connectivity index (χ0n) is 17.4. The fourth-order valence-corrected chi connectivity index (χ4v) is 4.96. The van der Waals surface area contributed by atoms with Gasteiger partial charge in [0, 0.05) is 32.7 Å². The molecule has 0 amide bonds. The predicted molar refractivity (Wildman–Crippen MR) is 114 cm³/mol. The first-order valence-corrected chi connectivity index (χ1v) is 11.6. The second-order valence-corrected chi connectivity index (χ2v) is 9.75. The molecule has 1 aliphatic heterocycles. The number of hydrogen-bond donors (Lipinski definition) is 1. The van der Waals surface area contributed by atoms with Crippen molar-refractivity contribution in [1.29, 1.82) is 0 Å². The van der Waals surface area contributed by atoms with Crippen LogP contribution in [0.1, 0.15) is 25.3 Å². The molecule has 1 fully saturated rings. The zero-order valence-corrected chi connectivity index (χ0v) is 18.2. The van der Waals surface area contributed by atoms with Crippen molar-refractivity contribution in [2.75, 3.05) is 39.3 Å². The first-order valence-electron chi connectivity index (χ1n) is 10.1. The number of β-amino-alcohol motifs (C(OH)–C–C–N with tert-alkyl or cyclic N) is 1. The summed E-state index contributed by atoms with van der Waals surface area (Å²) in [6.07, 6.45) is -0.675. The number of sulfonamides is 1. The molecular weight excluding hydrogens is 407 g/mol. The summed E-state index contributed by atoms with van der Waals surface area (Å²) in [7, 11) is -3.64. The minimum absolute atomic E-state index is 0.0922. The molecule has 30 heavy (non-hydrogen) atoms. The highest BCUT2D eigenvalue weighted by atomic mass is 32.2. The van der Waals surface area contributed by atoms with Crippen LogP contribution in [0.5, 0.6) is 5.75 Å². The average Bonchev–Trinajstić information content (AvgIpc) is 2.73. The summed E-state index contributed by atoms with van der Waals surface area (Å²) in [6.45, 7) is 6.45. The van der Waals surface area contributed by atoms with Gasteiger partial charge in [0.1, 0.15) is 24.3 Å². The third kappa shape index (κ3) is 5.57. The van der Waals surface area contributed by atoms with Gasteiger partial charge in [0.2, 0.25) is 10.0 Å². The Morgan fingerprint density at radius 3 is 2.30 bits per heavy atom. The number of piperazine rings is 1. The number of rotatable bonds is 8. The van der Waals surface area contributed by atoms with Crippen LogP contribution >= 0.6 is 0 Å². The van der Waals surface area contributed by atoms with Gasteiger partial charge < -0.3 is 9.84 Å². The second-order valence-electron chi connectivity index (χ2n) is 7.82. The SMILES string of the molecule is CC(C)c1ccccc1OC[C@@H](O)CN1CCN(S(=O)(=O)c2ccc(F)cc2)CC1. The molecule has 6 nitrogen and oxygen atoms in total. The molecule has 1 atom stereocenters. The van der Waals surface area contributed by atoms with E-state index in [1.807, 2.05) is 29.2 Å². The van der Waals surface area contributed by atoms with E-state index in [0.717, 1.165) is 23.4 Å². The summed E-state index contributed by atoms with van der Waals surface area (Å²) in [5.41, 5.74) is 1.10. The van der Waals surface area contributed by atoms with Gasteiger partial charge in [-0.05, 0) is 41.8 Å². The molecule has 1 saturated heterocycles. The molecule has 1 aliphatic rings. The molecule has 2 aromatic rings. The molecule has 0 bridgehead atoms. The lowest BCUT2D eigenvalue weighted by Crippen LogP contribution is -2.50. The molecule has 2 aromatic carbocycles. The Labute approximate surface area is 177 Å². The smallest absolute Gasteiger partial charge is 0.243 e. The van der Waals surface area contributed by atoms with E-state index in [-0.39, 0.29) is 11.5 Å². The quantitative estimate of drug-likeness (QED) is 0.689. The van der Waals surface area contributed by atoms with Crippen molar-refractivity contribution in [2.24, 2.45) is 0 Å². The van der Waals surface area contributed by atoms with Crippen molar-refractivity contribution < 1.29 is 22.7 Å². The summed E-state index contributed by atoms with van der Waals surface area (Å²) < 4.78 is 45.7. The van der Waals surface area contributed by atoms with E-state index in [4.69, 9.17) is 4.74 Å². The molecular formula is C22H29FN2O4S. The lowest BCUT2D eigenvalue weighted by molar-refractivity contribution is 0.0565. The lowest BCUT2D eigenvalue weighted by atomic mass is 10.0. The normalized spacial score (nSPS) is 17.2. The van der Waals surface area contributed by atoms with Crippen LogP contribution in [0.25, 0.3) is 0 Å². The monoisotopic (exact) mass is 436 g/mol. The molecule has 164 valence electrons. The number of aliphatic hydroxyl groups is 1. The van der Waals surface area contributed by atoms with Crippen LogP contribution in [0.3, 0.4) is 0 Å². The standard InChI is InChI=1S/C22H29FN2O4S/c1-17(2)21-5-3-4-6-22(21)29-16-19(26)15-24-11-13-25(14-12-24)30(27,28)20-9-7-18(23)8-10-20/h3-10,17,19,26H,11-16H2,1-2H3/t19-/m0/s1. The van der Waals surface area contributed by atoms with Crippen LogP contribution in [0.4, 0.5) is 4.39 Å². The third-order valence-electron chi connectivity index (χ3n) is 5.22. The van der Waals surface area contributed by atoms with Gasteiger partial charge >= 0.3 is 0 Å². The van der Waals surface area contributed by atoms with E-state index in [9.17, 15) is 17.9 Å². The molecule has 0 aromatic heterocycles. The van der Waals surface area contributed by atoms with Crippen LogP contribution in [0.15, 0.2) is 53.4 Å². The molecule has 0 spiro atoms. The Balaban J connectivity index is 1.49. The van der Waals surface area contributed by atoms with Crippen molar-refractivity contribution >= 4 is 10.0 Å². The maximum atomic E-state index is 13.1. The van der Waals surface area contributed by atoms with Crippen LogP contribution in [-0.4, -0.2) is 68.2 Å². The van der Waals surface area contributed by atoms with Crippen molar-refractivity contribution in [2.45, 2.75) is 30.8 Å². The second kappa shape index (κ2) is 9.87. The van der Waals surface area contributed by atoms with Crippen molar-refractivity contribution in [1.82, 2.24) is 9.21 Å². The number of para-hydroxylation sites is 1. The highest BCUT2D eigenvalue weighted by molar-refractivity contribution is 7.89. The summed E-state index contributed by atoms with van der Waals surface area (Å²) in [5.74, 6) is 0.641. The van der Waals surface area contributed by atoms with Crippen molar-refractivity contribution in [3.05, 3.63) is 59.9 Å². The van der Waals surface area contributed by atoms with Gasteiger partial charge in [-0.1, -0.05) is 32.0 Å². The molecule has 0 radical (unpaired) electrons. The van der Waals surface area contributed by atoms with E-state index in [0.29, 0.717) is 38.6 Å². The molecule has 8 heteroatoms. The van der Waals surface area contributed by atoms with Crippen molar-refractivity contribution in [3.8, 4) is 5.75 Å². The van der Waals surface area contributed by atoms with Crippen LogP contribution < -0.4 is 4.74 Å². The predicted octanol–water partition coefficient (Wildman–Crippen LogP) is 2.70. The average molecular weight is 437 g/mol. The molecule has 0 unspecified atom stereocenters. The zero-order chi connectivity index (χ0) is 21.7. The Hall–Kier alpha value is -2.00. The molecule has 0 saturated carbocycles. The number of hydrogen-bond acceptors (Lipinski definition) is 5. The van der Waals surface area contributed by atoms with Gasteiger partial charge in [-0.2, -0.15) is 4.31 Å². The van der Waals surface area contributed by atoms with Crippen LogP contribution in [-0.2, 0) is 10.0 Å². The van der Waals surface area contributed by atoms with Gasteiger partial charge in [-0.15, -0.1) is 0 Å². The van der Waals surface area contributed by atoms with Gasteiger partial charge in [0.05, 0.1) is 4.90 Å². The number of nitrogens with zero attached hydrogens (tertiary/aromatic N) is 2. The third-order valence-corrected chi connectivity index (χ3v) is 7.14. The molecule has 3 rings (SSSR count). The minimum Gasteiger partial charge on any atom is -0.491 e. The lowest BCUT2D eigenvalue weighted by Gasteiger charge is -2.34. The van der Waals surface area contributed by atoms with Gasteiger partial charge in [0.25, 0.3) is 0 Å². The van der Waals surface area contributed by atoms with E-state index in [1.54, 1.807) is 0 Å². The highest BCUT2D eigenvalue weighted by Gasteiger charge is 2.29. The van der Waals surface area contributed by atoms with Crippen LogP contribution in [0.2, 0.25) is 0 Å². The minimum atomic E-state index is -3.64. The van der Waals surface area contributed by atoms with E-state index in [1.165, 1.54) is 16.4 Å². The fourth-order valence-electron chi connectivity index (χ4n) is 3.53. The van der Waals surface area contributed by atoms with Crippen molar-refractivity contribution in [3.63, 3.8) is 0 Å². The van der Waals surface area contributed by atoms with Gasteiger partial charge in [-0.3, -0.25) is 4.90 Å². The number of ether oxygens (including phenoxy) is 1. The summed E-state index contributed by atoms with van der Waals surface area (Å²) in [4.78, 5) is 2.12.